The predicted octanol–water partition coefficient (Wildman–Crippen LogP) is 4.90. The Bertz CT molecular complexity index is 832. The van der Waals surface area contributed by atoms with Gasteiger partial charge in [0.1, 0.15) is 11.8 Å². The molecular formula is C22H19NO. The van der Waals surface area contributed by atoms with Crippen molar-refractivity contribution < 1.29 is 4.74 Å². The number of ether oxygens (including phenoxy) is 1. The van der Waals surface area contributed by atoms with Crippen LogP contribution in [0.25, 0.3) is 0 Å². The number of benzene rings is 3. The van der Waals surface area contributed by atoms with Gasteiger partial charge in [-0.15, -0.1) is 0 Å². The molecule has 3 rings (SSSR count). The van der Waals surface area contributed by atoms with E-state index in [0.29, 0.717) is 0 Å². The number of methoxy groups -OCH3 is 1. The minimum atomic E-state index is -0.122. The molecule has 0 aliphatic heterocycles. The maximum atomic E-state index is 5.34. The monoisotopic (exact) mass is 313 g/mol. The fraction of sp³-hybridized carbons (Fsp3) is 0.0909. The Balaban J connectivity index is 1.92. The van der Waals surface area contributed by atoms with Gasteiger partial charge in [0.15, 0.2) is 0 Å². The summed E-state index contributed by atoms with van der Waals surface area (Å²) in [4.78, 5) is 0. The first kappa shape index (κ1) is 15.7. The molecule has 0 saturated carbocycles. The van der Waals surface area contributed by atoms with Crippen LogP contribution in [-0.4, -0.2) is 7.11 Å². The highest BCUT2D eigenvalue weighted by Crippen LogP contribution is 2.22. The molecule has 3 aromatic carbocycles. The van der Waals surface area contributed by atoms with Crippen molar-refractivity contribution in [3.63, 3.8) is 0 Å². The normalized spacial score (nSPS) is 11.0. The Kier molecular flexibility index (Phi) is 5.17. The molecule has 0 heterocycles. The molecular weight excluding hydrogens is 294 g/mol. The topological polar surface area (TPSA) is 21.3 Å². The molecule has 1 atom stereocenters. The number of hydrogen-bond acceptors (Lipinski definition) is 2. The molecule has 0 saturated heterocycles. The van der Waals surface area contributed by atoms with Crippen LogP contribution in [0.2, 0.25) is 0 Å². The van der Waals surface area contributed by atoms with Gasteiger partial charge < -0.3 is 10.1 Å². The van der Waals surface area contributed by atoms with E-state index in [2.05, 4.69) is 23.2 Å². The highest BCUT2D eigenvalue weighted by molar-refractivity contribution is 5.50. The first-order valence-corrected chi connectivity index (χ1v) is 7.87. The number of nitrogens with one attached hydrogen (secondary N) is 1. The molecule has 0 aliphatic carbocycles. The van der Waals surface area contributed by atoms with Crippen molar-refractivity contribution in [2.75, 3.05) is 12.4 Å². The Hall–Kier alpha value is -3.18. The molecule has 0 spiro atoms. The van der Waals surface area contributed by atoms with E-state index >= 15 is 0 Å². The minimum Gasteiger partial charge on any atom is -0.497 e. The summed E-state index contributed by atoms with van der Waals surface area (Å²) in [5, 5.41) is 3.49. The summed E-state index contributed by atoms with van der Waals surface area (Å²) >= 11 is 0. The van der Waals surface area contributed by atoms with Crippen LogP contribution in [-0.2, 0) is 0 Å². The molecule has 0 fully saturated rings. The van der Waals surface area contributed by atoms with Gasteiger partial charge in [0.25, 0.3) is 0 Å². The van der Waals surface area contributed by atoms with E-state index in [1.54, 1.807) is 7.11 Å². The Morgan fingerprint density at radius 1 is 0.833 bits per heavy atom. The molecule has 118 valence electrons. The second kappa shape index (κ2) is 7.89. The summed E-state index contributed by atoms with van der Waals surface area (Å²) in [5.74, 6) is 7.41. The van der Waals surface area contributed by atoms with Gasteiger partial charge >= 0.3 is 0 Å². The van der Waals surface area contributed by atoms with E-state index in [0.717, 1.165) is 22.6 Å². The van der Waals surface area contributed by atoms with Crippen molar-refractivity contribution >= 4 is 5.69 Å². The summed E-state index contributed by atoms with van der Waals surface area (Å²) in [6.45, 7) is 0. The van der Waals surface area contributed by atoms with Crippen molar-refractivity contribution in [1.29, 1.82) is 0 Å². The molecule has 24 heavy (non-hydrogen) atoms. The smallest absolute Gasteiger partial charge is 0.119 e. The fourth-order valence-corrected chi connectivity index (χ4v) is 2.40. The number of hydrogen-bond donors (Lipinski definition) is 1. The molecule has 1 unspecified atom stereocenters. The molecule has 1 N–H and O–H groups in total. The zero-order valence-electron chi connectivity index (χ0n) is 13.6. The highest BCUT2D eigenvalue weighted by atomic mass is 16.5. The van der Waals surface area contributed by atoms with E-state index in [4.69, 9.17) is 4.74 Å². The zero-order chi connectivity index (χ0) is 16.6. The number of rotatable bonds is 4. The van der Waals surface area contributed by atoms with Crippen molar-refractivity contribution in [3.8, 4) is 17.6 Å². The van der Waals surface area contributed by atoms with Gasteiger partial charge in [0.05, 0.1) is 7.11 Å². The number of para-hydroxylation sites is 1. The first-order valence-electron chi connectivity index (χ1n) is 7.87. The van der Waals surface area contributed by atoms with Crippen LogP contribution in [0.5, 0.6) is 5.75 Å². The van der Waals surface area contributed by atoms with Crippen LogP contribution >= 0.6 is 0 Å². The van der Waals surface area contributed by atoms with Crippen molar-refractivity contribution in [1.82, 2.24) is 0 Å². The lowest BCUT2D eigenvalue weighted by molar-refractivity contribution is 0.414. The zero-order valence-corrected chi connectivity index (χ0v) is 13.6. The van der Waals surface area contributed by atoms with Gasteiger partial charge in [0.2, 0.25) is 0 Å². The summed E-state index contributed by atoms with van der Waals surface area (Å²) in [7, 11) is 1.67. The number of anilines is 1. The molecule has 2 nitrogen and oxygen atoms in total. The summed E-state index contributed by atoms with van der Waals surface area (Å²) in [6, 6.07) is 28.0. The van der Waals surface area contributed by atoms with E-state index in [1.807, 2.05) is 78.9 Å². The van der Waals surface area contributed by atoms with Gasteiger partial charge in [0, 0.05) is 11.3 Å². The third-order valence-corrected chi connectivity index (χ3v) is 3.65. The highest BCUT2D eigenvalue weighted by Gasteiger charge is 2.09. The van der Waals surface area contributed by atoms with Crippen LogP contribution in [0.1, 0.15) is 17.2 Å². The lowest BCUT2D eigenvalue weighted by Crippen LogP contribution is -2.08. The lowest BCUT2D eigenvalue weighted by atomic mass is 10.1. The first-order chi connectivity index (χ1) is 11.8. The van der Waals surface area contributed by atoms with Crippen LogP contribution in [0.15, 0.2) is 84.9 Å². The van der Waals surface area contributed by atoms with E-state index < -0.39 is 0 Å². The van der Waals surface area contributed by atoms with Gasteiger partial charge in [-0.2, -0.15) is 0 Å². The Morgan fingerprint density at radius 3 is 2.25 bits per heavy atom. The second-order valence-electron chi connectivity index (χ2n) is 5.36. The van der Waals surface area contributed by atoms with Gasteiger partial charge in [-0.1, -0.05) is 60.4 Å². The van der Waals surface area contributed by atoms with E-state index in [-0.39, 0.29) is 6.04 Å². The summed E-state index contributed by atoms with van der Waals surface area (Å²) in [5.41, 5.74) is 3.11. The van der Waals surface area contributed by atoms with E-state index in [9.17, 15) is 0 Å². The standard InChI is InChI=1S/C22H19NO/c1-24-21-14-8-11-19(17-21)22(23-20-12-6-3-7-13-20)16-15-18-9-4-2-5-10-18/h2-14,17,22-23H,1H3. The third kappa shape index (κ3) is 4.18. The predicted molar refractivity (Wildman–Crippen MR) is 99.1 cm³/mol. The van der Waals surface area contributed by atoms with Crippen molar-refractivity contribution in [2.24, 2.45) is 0 Å². The molecule has 0 amide bonds. The third-order valence-electron chi connectivity index (χ3n) is 3.65. The van der Waals surface area contributed by atoms with Crippen LogP contribution in [0.4, 0.5) is 5.69 Å². The molecule has 0 radical (unpaired) electrons. The van der Waals surface area contributed by atoms with Gasteiger partial charge in [-0.05, 0) is 42.0 Å². The Morgan fingerprint density at radius 2 is 1.54 bits per heavy atom. The average Bonchev–Trinajstić information content (AvgIpc) is 2.67. The summed E-state index contributed by atoms with van der Waals surface area (Å²) in [6.07, 6.45) is 0. The minimum absolute atomic E-state index is 0.122. The van der Waals surface area contributed by atoms with Gasteiger partial charge in [-0.3, -0.25) is 0 Å². The molecule has 0 aromatic heterocycles. The Labute approximate surface area is 143 Å². The second-order valence-corrected chi connectivity index (χ2v) is 5.36. The maximum Gasteiger partial charge on any atom is 0.119 e. The van der Waals surface area contributed by atoms with E-state index in [1.165, 1.54) is 0 Å². The molecule has 0 aliphatic rings. The van der Waals surface area contributed by atoms with Crippen molar-refractivity contribution in [3.05, 3.63) is 96.1 Å². The largest absolute Gasteiger partial charge is 0.497 e. The van der Waals surface area contributed by atoms with Crippen LogP contribution in [0.3, 0.4) is 0 Å². The van der Waals surface area contributed by atoms with Gasteiger partial charge in [-0.25, -0.2) is 0 Å². The molecule has 3 aromatic rings. The lowest BCUT2D eigenvalue weighted by Gasteiger charge is -2.16. The maximum absolute atomic E-state index is 5.34. The quantitative estimate of drug-likeness (QED) is 0.692. The van der Waals surface area contributed by atoms with Crippen LogP contribution in [0, 0.1) is 11.8 Å². The molecule has 0 bridgehead atoms. The summed E-state index contributed by atoms with van der Waals surface area (Å²) < 4.78 is 5.34. The molecule has 2 heteroatoms. The SMILES string of the molecule is COc1cccc(C(C#Cc2ccccc2)Nc2ccccc2)c1. The van der Waals surface area contributed by atoms with Crippen LogP contribution < -0.4 is 10.1 Å². The van der Waals surface area contributed by atoms with Crippen molar-refractivity contribution in [2.45, 2.75) is 6.04 Å². The average molecular weight is 313 g/mol. The fourth-order valence-electron chi connectivity index (χ4n) is 2.40.